The topological polar surface area (TPSA) is 24.7 Å². The number of rotatable bonds is 5. The van der Waals surface area contributed by atoms with Gasteiger partial charge in [-0.2, -0.15) is 4.58 Å². The number of likely N-dealkylation sites (N-methyl/N-ethyl adjacent to an activating group) is 1. The van der Waals surface area contributed by atoms with Gasteiger partial charge in [0.15, 0.2) is 5.71 Å². The van der Waals surface area contributed by atoms with E-state index in [1.807, 2.05) is 12.1 Å². The number of benzene rings is 2. The van der Waals surface area contributed by atoms with Crippen molar-refractivity contribution < 1.29 is 38.0 Å². The first kappa shape index (κ1) is 26.1. The Labute approximate surface area is 221 Å². The van der Waals surface area contributed by atoms with E-state index in [1.165, 1.54) is 33.9 Å². The molecule has 180 valence electrons. The second-order valence-electron chi connectivity index (χ2n) is 9.82. The van der Waals surface area contributed by atoms with Gasteiger partial charge in [-0.3, -0.25) is 0 Å². The van der Waals surface area contributed by atoms with Crippen molar-refractivity contribution in [3.05, 3.63) is 83.6 Å². The standard InChI is InChI=1S/C29H35N2O2.HI/c1-28(2)22-18-20(32-7)14-16-24(22)30(5)26(28)12-10-9-11-13-27-29(3,4)23-19-21(33-8)15-17-25(23)31(27)6;/h9-19H,1-8H3;1H/q+1;/p-1. The summed E-state index contributed by atoms with van der Waals surface area (Å²) < 4.78 is 13.2. The molecule has 5 heteroatoms. The number of nitrogens with zero attached hydrogens (tertiary/aromatic N) is 2. The molecule has 0 aromatic heterocycles. The molecule has 0 N–H and O–H groups in total. The Balaban J connectivity index is 0.00000324. The van der Waals surface area contributed by atoms with Crippen LogP contribution in [0.25, 0.3) is 0 Å². The molecule has 0 spiro atoms. The molecule has 4 rings (SSSR count). The molecule has 0 saturated carbocycles. The molecule has 0 bridgehead atoms. The zero-order chi connectivity index (χ0) is 24.0. The largest absolute Gasteiger partial charge is 1.00 e. The average molecular weight is 571 g/mol. The molecule has 0 amide bonds. The number of hydrogen-bond donors (Lipinski definition) is 0. The lowest BCUT2D eigenvalue weighted by atomic mass is 9.81. The van der Waals surface area contributed by atoms with Crippen LogP contribution in [0.4, 0.5) is 11.4 Å². The third kappa shape index (κ3) is 4.19. The van der Waals surface area contributed by atoms with Crippen molar-refractivity contribution in [3.63, 3.8) is 0 Å². The molecule has 2 aromatic carbocycles. The Hall–Kier alpha value is -2.54. The minimum absolute atomic E-state index is 0. The summed E-state index contributed by atoms with van der Waals surface area (Å²) in [5.41, 5.74) is 7.39. The highest BCUT2D eigenvalue weighted by Crippen LogP contribution is 2.48. The van der Waals surface area contributed by atoms with Crippen LogP contribution in [0.2, 0.25) is 0 Å². The van der Waals surface area contributed by atoms with E-state index >= 15 is 0 Å². The van der Waals surface area contributed by atoms with Crippen molar-refractivity contribution in [1.82, 2.24) is 0 Å². The fraction of sp³-hybridized carbons (Fsp3) is 0.345. The molecule has 0 unspecified atom stereocenters. The molecule has 0 radical (unpaired) electrons. The molecular formula is C29H35IN2O2. The van der Waals surface area contributed by atoms with Gasteiger partial charge in [-0.05, 0) is 55.8 Å². The first-order valence-electron chi connectivity index (χ1n) is 11.4. The van der Waals surface area contributed by atoms with Crippen LogP contribution in [0, 0.1) is 0 Å². The predicted octanol–water partition coefficient (Wildman–Crippen LogP) is 3.14. The van der Waals surface area contributed by atoms with Crippen molar-refractivity contribution >= 4 is 17.1 Å². The van der Waals surface area contributed by atoms with Gasteiger partial charge in [0.2, 0.25) is 5.69 Å². The highest BCUT2D eigenvalue weighted by molar-refractivity contribution is 6.03. The van der Waals surface area contributed by atoms with E-state index in [0.29, 0.717) is 0 Å². The Morgan fingerprint density at radius 1 is 0.824 bits per heavy atom. The summed E-state index contributed by atoms with van der Waals surface area (Å²) in [6.07, 6.45) is 10.8. The monoisotopic (exact) mass is 570 g/mol. The van der Waals surface area contributed by atoms with Gasteiger partial charge in [-0.1, -0.05) is 32.1 Å². The van der Waals surface area contributed by atoms with Crippen LogP contribution in [-0.2, 0) is 10.8 Å². The van der Waals surface area contributed by atoms with Crippen LogP contribution in [0.1, 0.15) is 38.8 Å². The maximum absolute atomic E-state index is 5.45. The van der Waals surface area contributed by atoms with Gasteiger partial charge in [0.05, 0.1) is 19.6 Å². The number of halogens is 1. The van der Waals surface area contributed by atoms with Gasteiger partial charge in [0.25, 0.3) is 0 Å². The molecule has 0 aliphatic carbocycles. The smallest absolute Gasteiger partial charge is 0.209 e. The predicted molar refractivity (Wildman–Crippen MR) is 138 cm³/mol. The molecule has 2 aliphatic rings. The van der Waals surface area contributed by atoms with Crippen LogP contribution in [0.5, 0.6) is 11.5 Å². The molecule has 0 saturated heterocycles. The maximum Gasteiger partial charge on any atom is 0.209 e. The molecule has 2 aromatic rings. The molecule has 34 heavy (non-hydrogen) atoms. The van der Waals surface area contributed by atoms with Crippen LogP contribution in [0.15, 0.2) is 72.5 Å². The van der Waals surface area contributed by atoms with Crippen molar-refractivity contribution in [2.75, 3.05) is 33.2 Å². The highest BCUT2D eigenvalue weighted by Gasteiger charge is 2.43. The van der Waals surface area contributed by atoms with Gasteiger partial charge < -0.3 is 38.4 Å². The fourth-order valence-corrected chi connectivity index (χ4v) is 5.24. The Bertz CT molecular complexity index is 1220. The van der Waals surface area contributed by atoms with E-state index in [-0.39, 0.29) is 34.8 Å². The molecule has 0 fully saturated rings. The van der Waals surface area contributed by atoms with Gasteiger partial charge in [-0.25, -0.2) is 0 Å². The van der Waals surface area contributed by atoms with E-state index < -0.39 is 0 Å². The van der Waals surface area contributed by atoms with E-state index in [2.05, 4.69) is 106 Å². The van der Waals surface area contributed by atoms with E-state index in [0.717, 1.165) is 11.5 Å². The molecule has 4 nitrogen and oxygen atoms in total. The number of fused-ring (bicyclic) bond motifs is 2. The second-order valence-corrected chi connectivity index (χ2v) is 9.82. The van der Waals surface area contributed by atoms with Gasteiger partial charge in [-0.15, -0.1) is 0 Å². The van der Waals surface area contributed by atoms with Gasteiger partial charge in [0, 0.05) is 41.6 Å². The molecule has 0 atom stereocenters. The van der Waals surface area contributed by atoms with Crippen molar-refractivity contribution in [3.8, 4) is 11.5 Å². The summed E-state index contributed by atoms with van der Waals surface area (Å²) in [5, 5.41) is 0. The van der Waals surface area contributed by atoms with E-state index in [4.69, 9.17) is 9.47 Å². The molecular weight excluding hydrogens is 535 g/mol. The number of methoxy groups -OCH3 is 2. The zero-order valence-electron chi connectivity index (χ0n) is 21.4. The lowest BCUT2D eigenvalue weighted by molar-refractivity contribution is -0.401. The third-order valence-corrected chi connectivity index (χ3v) is 7.21. The second kappa shape index (κ2) is 9.61. The first-order chi connectivity index (χ1) is 15.6. The summed E-state index contributed by atoms with van der Waals surface area (Å²) in [5.74, 6) is 1.79. The summed E-state index contributed by atoms with van der Waals surface area (Å²) in [7, 11) is 7.70. The Kier molecular flexibility index (Phi) is 7.37. The normalized spacial score (nSPS) is 19.1. The van der Waals surface area contributed by atoms with E-state index in [1.54, 1.807) is 14.2 Å². The summed E-state index contributed by atoms with van der Waals surface area (Å²) in [6.45, 7) is 9.06. The highest BCUT2D eigenvalue weighted by atomic mass is 127. The van der Waals surface area contributed by atoms with Crippen molar-refractivity contribution in [2.24, 2.45) is 0 Å². The Morgan fingerprint density at radius 3 is 2.09 bits per heavy atom. The fourth-order valence-electron chi connectivity index (χ4n) is 5.24. The third-order valence-electron chi connectivity index (χ3n) is 7.21. The number of hydrogen-bond acceptors (Lipinski definition) is 3. The maximum atomic E-state index is 5.45. The number of allylic oxidation sites excluding steroid dienone is 6. The summed E-state index contributed by atoms with van der Waals surface area (Å²) in [6, 6.07) is 12.6. The van der Waals surface area contributed by atoms with Crippen LogP contribution in [-0.4, -0.2) is 38.6 Å². The van der Waals surface area contributed by atoms with Crippen LogP contribution >= 0.6 is 0 Å². The first-order valence-corrected chi connectivity index (χ1v) is 11.4. The quantitative estimate of drug-likeness (QED) is 0.314. The van der Waals surface area contributed by atoms with Gasteiger partial charge >= 0.3 is 0 Å². The van der Waals surface area contributed by atoms with Crippen molar-refractivity contribution in [1.29, 1.82) is 0 Å². The molecule has 2 heterocycles. The minimum atomic E-state index is -0.0875. The Morgan fingerprint density at radius 2 is 1.44 bits per heavy atom. The molecule has 2 aliphatic heterocycles. The minimum Gasteiger partial charge on any atom is -1.00 e. The number of anilines is 1. The lowest BCUT2D eigenvalue weighted by Gasteiger charge is -2.23. The number of ether oxygens (including phenoxy) is 2. The SMILES string of the molecule is COc1ccc2c(c1)C(C)(C)C(/C=C/C=C/C=C1\N(C)c3ccc(OC)cc3C1(C)C)=[N+]2C.[I-]. The van der Waals surface area contributed by atoms with E-state index in [9.17, 15) is 0 Å². The van der Waals surface area contributed by atoms with Crippen LogP contribution < -0.4 is 38.4 Å². The summed E-state index contributed by atoms with van der Waals surface area (Å²) in [4.78, 5) is 2.27. The zero-order valence-corrected chi connectivity index (χ0v) is 23.6. The lowest BCUT2D eigenvalue weighted by Crippen LogP contribution is -3.00. The van der Waals surface area contributed by atoms with Crippen molar-refractivity contribution in [2.45, 2.75) is 38.5 Å². The average Bonchev–Trinajstić information content (AvgIpc) is 3.11. The summed E-state index contributed by atoms with van der Waals surface area (Å²) >= 11 is 0. The van der Waals surface area contributed by atoms with Crippen LogP contribution in [0.3, 0.4) is 0 Å². The van der Waals surface area contributed by atoms with Gasteiger partial charge in [0.1, 0.15) is 18.5 Å².